The first kappa shape index (κ1) is 10.0. The number of furan rings is 1. The molecule has 0 amide bonds. The maximum absolute atomic E-state index is 5.90. The largest absolute Gasteiger partial charge is 0.462 e. The van der Waals surface area contributed by atoms with Crippen molar-refractivity contribution in [3.8, 4) is 21.3 Å². The lowest BCUT2D eigenvalue weighted by Crippen LogP contribution is -1.88. The number of nitrogens with two attached hydrogens (primary N) is 1. The SMILES string of the molecule is Nc1ccccc1-c1nnc(-c2ccco2)s1. The van der Waals surface area contributed by atoms with Gasteiger partial charge in [0.05, 0.1) is 6.26 Å². The molecule has 2 N–H and O–H groups in total. The van der Waals surface area contributed by atoms with E-state index in [4.69, 9.17) is 10.2 Å². The topological polar surface area (TPSA) is 64.9 Å². The Morgan fingerprint density at radius 3 is 2.59 bits per heavy atom. The van der Waals surface area contributed by atoms with E-state index in [0.29, 0.717) is 5.69 Å². The number of para-hydroxylation sites is 1. The van der Waals surface area contributed by atoms with Crippen molar-refractivity contribution in [1.82, 2.24) is 10.2 Å². The Morgan fingerprint density at radius 2 is 1.82 bits per heavy atom. The molecule has 2 aromatic heterocycles. The molecule has 0 bridgehead atoms. The zero-order valence-electron chi connectivity index (χ0n) is 8.83. The van der Waals surface area contributed by atoms with Crippen LogP contribution in [0.3, 0.4) is 0 Å². The predicted octanol–water partition coefficient (Wildman–Crippen LogP) is 3.05. The van der Waals surface area contributed by atoms with Crippen LogP contribution < -0.4 is 5.73 Å². The molecule has 0 unspecified atom stereocenters. The average Bonchev–Trinajstić information content (AvgIpc) is 3.00. The highest BCUT2D eigenvalue weighted by atomic mass is 32.1. The quantitative estimate of drug-likeness (QED) is 0.702. The van der Waals surface area contributed by atoms with Crippen molar-refractivity contribution in [2.24, 2.45) is 0 Å². The van der Waals surface area contributed by atoms with Crippen LogP contribution in [-0.2, 0) is 0 Å². The van der Waals surface area contributed by atoms with Gasteiger partial charge in [-0.05, 0) is 24.3 Å². The van der Waals surface area contributed by atoms with Crippen LogP contribution in [0, 0.1) is 0 Å². The van der Waals surface area contributed by atoms with Crippen LogP contribution in [0.2, 0.25) is 0 Å². The third-order valence-corrected chi connectivity index (χ3v) is 3.32. The summed E-state index contributed by atoms with van der Waals surface area (Å²) in [6.07, 6.45) is 1.62. The van der Waals surface area contributed by atoms with Gasteiger partial charge in [-0.25, -0.2) is 0 Å². The van der Waals surface area contributed by atoms with Crippen molar-refractivity contribution in [2.45, 2.75) is 0 Å². The van der Waals surface area contributed by atoms with E-state index in [-0.39, 0.29) is 0 Å². The van der Waals surface area contributed by atoms with Crippen molar-refractivity contribution in [3.63, 3.8) is 0 Å². The molecule has 4 nitrogen and oxygen atoms in total. The first-order chi connectivity index (χ1) is 8.34. The molecule has 2 heterocycles. The van der Waals surface area contributed by atoms with Gasteiger partial charge in [-0.3, -0.25) is 0 Å². The lowest BCUT2D eigenvalue weighted by Gasteiger charge is -1.98. The number of nitrogens with zero attached hydrogens (tertiary/aromatic N) is 2. The molecule has 0 spiro atoms. The van der Waals surface area contributed by atoms with Gasteiger partial charge in [-0.1, -0.05) is 23.5 Å². The third kappa shape index (κ3) is 1.81. The summed E-state index contributed by atoms with van der Waals surface area (Å²) in [4.78, 5) is 0. The van der Waals surface area contributed by atoms with E-state index in [2.05, 4.69) is 10.2 Å². The average molecular weight is 243 g/mol. The van der Waals surface area contributed by atoms with Crippen molar-refractivity contribution < 1.29 is 4.42 Å². The summed E-state index contributed by atoms with van der Waals surface area (Å²) in [5.41, 5.74) is 7.50. The second-order valence-corrected chi connectivity index (χ2v) is 4.45. The summed E-state index contributed by atoms with van der Waals surface area (Å²) in [5, 5.41) is 9.79. The monoisotopic (exact) mass is 243 g/mol. The zero-order valence-corrected chi connectivity index (χ0v) is 9.65. The molecule has 3 aromatic rings. The zero-order chi connectivity index (χ0) is 11.7. The van der Waals surface area contributed by atoms with E-state index < -0.39 is 0 Å². The van der Waals surface area contributed by atoms with Crippen molar-refractivity contribution in [1.29, 1.82) is 0 Å². The van der Waals surface area contributed by atoms with Gasteiger partial charge in [0.2, 0.25) is 0 Å². The fourth-order valence-electron chi connectivity index (χ4n) is 1.52. The lowest BCUT2D eigenvalue weighted by atomic mass is 10.2. The van der Waals surface area contributed by atoms with E-state index in [9.17, 15) is 0 Å². The summed E-state index contributed by atoms with van der Waals surface area (Å²) < 4.78 is 5.28. The van der Waals surface area contributed by atoms with Gasteiger partial charge in [-0.2, -0.15) is 0 Å². The molecule has 0 fully saturated rings. The van der Waals surface area contributed by atoms with Crippen LogP contribution >= 0.6 is 11.3 Å². The number of nitrogen functional groups attached to an aromatic ring is 1. The standard InChI is InChI=1S/C12H9N3OS/c13-9-5-2-1-4-8(9)11-14-15-12(17-11)10-6-3-7-16-10/h1-7H,13H2. The lowest BCUT2D eigenvalue weighted by molar-refractivity contribution is 0.581. The fraction of sp³-hybridized carbons (Fsp3) is 0. The normalized spacial score (nSPS) is 10.6. The first-order valence-corrected chi connectivity index (χ1v) is 5.88. The van der Waals surface area contributed by atoms with Crippen LogP contribution in [0.4, 0.5) is 5.69 Å². The van der Waals surface area contributed by atoms with Crippen LogP contribution in [0.25, 0.3) is 21.3 Å². The highest BCUT2D eigenvalue weighted by Crippen LogP contribution is 2.32. The van der Waals surface area contributed by atoms with Gasteiger partial charge in [0.15, 0.2) is 10.8 Å². The molecule has 0 atom stereocenters. The van der Waals surface area contributed by atoms with Gasteiger partial charge in [0, 0.05) is 11.3 Å². The van der Waals surface area contributed by atoms with Crippen molar-refractivity contribution >= 4 is 17.0 Å². The number of anilines is 1. The van der Waals surface area contributed by atoms with E-state index >= 15 is 0 Å². The molecule has 0 saturated heterocycles. The van der Waals surface area contributed by atoms with E-state index in [0.717, 1.165) is 21.3 Å². The summed E-state index contributed by atoms with van der Waals surface area (Å²) in [5.74, 6) is 0.725. The Bertz CT molecular complexity index is 631. The highest BCUT2D eigenvalue weighted by Gasteiger charge is 2.11. The van der Waals surface area contributed by atoms with Crippen LogP contribution in [0.1, 0.15) is 0 Å². The third-order valence-electron chi connectivity index (χ3n) is 2.35. The maximum Gasteiger partial charge on any atom is 0.183 e. The second kappa shape index (κ2) is 4.03. The van der Waals surface area contributed by atoms with Gasteiger partial charge >= 0.3 is 0 Å². The Kier molecular flexibility index (Phi) is 2.38. The number of aromatic nitrogens is 2. The van der Waals surface area contributed by atoms with Crippen LogP contribution in [0.15, 0.2) is 47.1 Å². The van der Waals surface area contributed by atoms with E-state index in [1.165, 1.54) is 11.3 Å². The molecule has 0 aliphatic carbocycles. The number of hydrogen-bond acceptors (Lipinski definition) is 5. The summed E-state index contributed by atoms with van der Waals surface area (Å²) >= 11 is 1.46. The molecule has 0 aliphatic rings. The molecule has 5 heteroatoms. The predicted molar refractivity (Wildman–Crippen MR) is 67.5 cm³/mol. The number of rotatable bonds is 2. The summed E-state index contributed by atoms with van der Waals surface area (Å²) in [6.45, 7) is 0. The second-order valence-electron chi connectivity index (χ2n) is 3.48. The Hall–Kier alpha value is -2.14. The summed E-state index contributed by atoms with van der Waals surface area (Å²) in [6, 6.07) is 11.3. The minimum atomic E-state index is 0.703. The van der Waals surface area contributed by atoms with Crippen molar-refractivity contribution in [2.75, 3.05) is 5.73 Å². The Balaban J connectivity index is 2.04. The smallest absolute Gasteiger partial charge is 0.183 e. The maximum atomic E-state index is 5.90. The molecular formula is C12H9N3OS. The first-order valence-electron chi connectivity index (χ1n) is 5.07. The summed E-state index contributed by atoms with van der Waals surface area (Å²) in [7, 11) is 0. The van der Waals surface area contributed by atoms with Gasteiger partial charge in [0.25, 0.3) is 0 Å². The molecule has 1 aromatic carbocycles. The number of hydrogen-bond donors (Lipinski definition) is 1. The van der Waals surface area contributed by atoms with Gasteiger partial charge in [0.1, 0.15) is 5.01 Å². The van der Waals surface area contributed by atoms with Crippen molar-refractivity contribution in [3.05, 3.63) is 42.7 Å². The highest BCUT2D eigenvalue weighted by molar-refractivity contribution is 7.17. The number of benzene rings is 1. The van der Waals surface area contributed by atoms with Crippen LogP contribution in [0.5, 0.6) is 0 Å². The molecule has 3 rings (SSSR count). The molecule has 0 aliphatic heterocycles. The van der Waals surface area contributed by atoms with Crippen LogP contribution in [-0.4, -0.2) is 10.2 Å². The molecule has 0 saturated carbocycles. The molecule has 84 valence electrons. The Morgan fingerprint density at radius 1 is 1.00 bits per heavy atom. The minimum absolute atomic E-state index is 0.703. The molecule has 0 radical (unpaired) electrons. The van der Waals surface area contributed by atoms with E-state index in [1.54, 1.807) is 6.26 Å². The fourth-order valence-corrected chi connectivity index (χ4v) is 2.38. The minimum Gasteiger partial charge on any atom is -0.462 e. The van der Waals surface area contributed by atoms with Gasteiger partial charge in [-0.15, -0.1) is 10.2 Å². The van der Waals surface area contributed by atoms with E-state index in [1.807, 2.05) is 36.4 Å². The molecular weight excluding hydrogens is 234 g/mol. The molecule has 17 heavy (non-hydrogen) atoms. The van der Waals surface area contributed by atoms with Gasteiger partial charge < -0.3 is 10.2 Å². The Labute approximate surface area is 102 Å².